The molecule has 1 saturated heterocycles. The Morgan fingerprint density at radius 1 is 1.00 bits per heavy atom. The third kappa shape index (κ3) is 6.58. The van der Waals surface area contributed by atoms with Gasteiger partial charge in [-0.05, 0) is 44.0 Å². The summed E-state index contributed by atoms with van der Waals surface area (Å²) < 4.78 is 5.30. The molecule has 1 heterocycles. The second-order valence-electron chi connectivity index (χ2n) is 7.77. The van der Waals surface area contributed by atoms with Crippen LogP contribution in [0.3, 0.4) is 0 Å². The number of hydrogen-bond donors (Lipinski definition) is 1. The Bertz CT molecular complexity index is 771. The largest absolute Gasteiger partial charge is 0.496 e. The molecule has 0 spiro atoms. The Morgan fingerprint density at radius 3 is 2.45 bits per heavy atom. The first-order valence-corrected chi connectivity index (χ1v) is 10.6. The highest BCUT2D eigenvalue weighted by Crippen LogP contribution is 2.19. The number of ether oxygens (including phenoxy) is 1. The number of carbonyl (C=O) groups is 1. The Labute approximate surface area is 174 Å². The monoisotopic (exact) mass is 395 g/mol. The first-order chi connectivity index (χ1) is 14.2. The first kappa shape index (κ1) is 21.3. The van der Waals surface area contributed by atoms with Crippen LogP contribution >= 0.6 is 0 Å². The van der Waals surface area contributed by atoms with Gasteiger partial charge >= 0.3 is 0 Å². The summed E-state index contributed by atoms with van der Waals surface area (Å²) in [6.45, 7) is 9.32. The average molecular weight is 396 g/mol. The highest BCUT2D eigenvalue weighted by Gasteiger charge is 2.16. The standard InChI is InChI=1S/C24H33N3O2/c1-20-10-11-23(29-2)22(18-20)24(28)25-12-6-7-13-26-14-16-27(17-15-26)19-21-8-4-3-5-9-21/h3-5,8-11,18H,6-7,12-17,19H2,1-2H3,(H,25,28). The lowest BCUT2D eigenvalue weighted by molar-refractivity contribution is 0.0948. The van der Waals surface area contributed by atoms with Crippen molar-refractivity contribution in [3.05, 3.63) is 65.2 Å². The SMILES string of the molecule is COc1ccc(C)cc1C(=O)NCCCCN1CCN(Cc2ccccc2)CC1. The zero-order valence-electron chi connectivity index (χ0n) is 17.7. The number of rotatable bonds is 9. The van der Waals surface area contributed by atoms with E-state index in [9.17, 15) is 4.79 Å². The van der Waals surface area contributed by atoms with E-state index >= 15 is 0 Å². The van der Waals surface area contributed by atoms with Gasteiger partial charge in [-0.15, -0.1) is 0 Å². The van der Waals surface area contributed by atoms with Gasteiger partial charge in [-0.3, -0.25) is 9.69 Å². The number of nitrogens with one attached hydrogen (secondary N) is 1. The number of nitrogens with zero attached hydrogens (tertiary/aromatic N) is 2. The molecule has 3 rings (SSSR count). The van der Waals surface area contributed by atoms with Crippen LogP contribution < -0.4 is 10.1 Å². The van der Waals surface area contributed by atoms with Crippen LogP contribution in [0, 0.1) is 6.92 Å². The zero-order chi connectivity index (χ0) is 20.5. The van der Waals surface area contributed by atoms with Gasteiger partial charge in [-0.25, -0.2) is 0 Å². The fraction of sp³-hybridized carbons (Fsp3) is 0.458. The topological polar surface area (TPSA) is 44.8 Å². The molecule has 29 heavy (non-hydrogen) atoms. The number of unbranched alkanes of at least 4 members (excludes halogenated alkanes) is 1. The third-order valence-corrected chi connectivity index (χ3v) is 5.50. The molecule has 0 bridgehead atoms. The van der Waals surface area contributed by atoms with Crippen LogP contribution in [0.15, 0.2) is 48.5 Å². The van der Waals surface area contributed by atoms with Crippen molar-refractivity contribution in [1.29, 1.82) is 0 Å². The minimum Gasteiger partial charge on any atom is -0.496 e. The minimum atomic E-state index is -0.0555. The van der Waals surface area contributed by atoms with E-state index in [1.807, 2.05) is 25.1 Å². The van der Waals surface area contributed by atoms with Crippen LogP contribution in [0.4, 0.5) is 0 Å². The van der Waals surface area contributed by atoms with Gasteiger partial charge < -0.3 is 15.0 Å². The van der Waals surface area contributed by atoms with Crippen molar-refractivity contribution in [2.45, 2.75) is 26.3 Å². The molecule has 0 saturated carbocycles. The predicted molar refractivity (Wildman–Crippen MR) is 117 cm³/mol. The minimum absolute atomic E-state index is 0.0555. The summed E-state index contributed by atoms with van der Waals surface area (Å²) in [5.74, 6) is 0.571. The average Bonchev–Trinajstić information content (AvgIpc) is 2.75. The summed E-state index contributed by atoms with van der Waals surface area (Å²) in [5.41, 5.74) is 3.06. The number of benzene rings is 2. The van der Waals surface area contributed by atoms with E-state index in [1.54, 1.807) is 7.11 Å². The van der Waals surface area contributed by atoms with Gasteiger partial charge in [-0.2, -0.15) is 0 Å². The molecule has 0 aromatic heterocycles. The summed E-state index contributed by atoms with van der Waals surface area (Å²) in [6, 6.07) is 16.4. The van der Waals surface area contributed by atoms with Gasteiger partial charge in [0.05, 0.1) is 12.7 Å². The maximum atomic E-state index is 12.4. The summed E-state index contributed by atoms with van der Waals surface area (Å²) >= 11 is 0. The van der Waals surface area contributed by atoms with Crippen LogP contribution in [0.5, 0.6) is 5.75 Å². The van der Waals surface area contributed by atoms with Crippen molar-refractivity contribution in [1.82, 2.24) is 15.1 Å². The molecule has 2 aromatic carbocycles. The lowest BCUT2D eigenvalue weighted by Crippen LogP contribution is -2.46. The molecule has 1 amide bonds. The van der Waals surface area contributed by atoms with E-state index in [4.69, 9.17) is 4.74 Å². The Kier molecular flexibility index (Phi) is 8.08. The van der Waals surface area contributed by atoms with Crippen molar-refractivity contribution in [2.24, 2.45) is 0 Å². The Balaban J connectivity index is 1.30. The van der Waals surface area contributed by atoms with Crippen LogP contribution in [0.1, 0.15) is 34.3 Å². The van der Waals surface area contributed by atoms with Crippen LogP contribution in [0.2, 0.25) is 0 Å². The molecule has 0 aliphatic carbocycles. The fourth-order valence-corrected chi connectivity index (χ4v) is 3.77. The quantitative estimate of drug-likeness (QED) is 0.662. The molecular formula is C24H33N3O2. The first-order valence-electron chi connectivity index (χ1n) is 10.6. The summed E-state index contributed by atoms with van der Waals surface area (Å²) in [4.78, 5) is 17.5. The number of piperazine rings is 1. The van der Waals surface area contributed by atoms with Crippen LogP contribution in [0.25, 0.3) is 0 Å². The predicted octanol–water partition coefficient (Wildman–Crippen LogP) is 3.33. The molecule has 5 heteroatoms. The van der Waals surface area contributed by atoms with Crippen molar-refractivity contribution < 1.29 is 9.53 Å². The molecule has 1 N–H and O–H groups in total. The number of aryl methyl sites for hydroxylation is 1. The molecule has 0 radical (unpaired) electrons. The molecule has 5 nitrogen and oxygen atoms in total. The summed E-state index contributed by atoms with van der Waals surface area (Å²) in [6.07, 6.45) is 2.09. The molecule has 1 aliphatic rings. The normalized spacial score (nSPS) is 15.2. The van der Waals surface area contributed by atoms with Gasteiger partial charge in [-0.1, -0.05) is 42.0 Å². The van der Waals surface area contributed by atoms with Gasteiger partial charge in [0.15, 0.2) is 0 Å². The highest BCUT2D eigenvalue weighted by atomic mass is 16.5. The van der Waals surface area contributed by atoms with E-state index in [2.05, 4.69) is 45.4 Å². The Hall–Kier alpha value is -2.37. The number of carbonyl (C=O) groups excluding carboxylic acids is 1. The molecule has 1 aliphatic heterocycles. The lowest BCUT2D eigenvalue weighted by atomic mass is 10.1. The second-order valence-corrected chi connectivity index (χ2v) is 7.77. The second kappa shape index (κ2) is 11.0. The number of methoxy groups -OCH3 is 1. The molecule has 0 atom stereocenters. The highest BCUT2D eigenvalue weighted by molar-refractivity contribution is 5.97. The van der Waals surface area contributed by atoms with E-state index in [-0.39, 0.29) is 5.91 Å². The van der Waals surface area contributed by atoms with Crippen LogP contribution in [-0.4, -0.2) is 62.1 Å². The molecular weight excluding hydrogens is 362 g/mol. The maximum absolute atomic E-state index is 12.4. The van der Waals surface area contributed by atoms with Crippen molar-refractivity contribution >= 4 is 5.91 Å². The number of hydrogen-bond acceptors (Lipinski definition) is 4. The van der Waals surface area contributed by atoms with E-state index in [0.717, 1.165) is 57.7 Å². The van der Waals surface area contributed by atoms with E-state index in [1.165, 1.54) is 5.56 Å². The Morgan fingerprint density at radius 2 is 1.72 bits per heavy atom. The lowest BCUT2D eigenvalue weighted by Gasteiger charge is -2.34. The van der Waals surface area contributed by atoms with Crippen molar-refractivity contribution in [2.75, 3.05) is 46.4 Å². The molecule has 0 unspecified atom stereocenters. The molecule has 156 valence electrons. The zero-order valence-corrected chi connectivity index (χ0v) is 17.7. The van der Waals surface area contributed by atoms with Gasteiger partial charge in [0.25, 0.3) is 5.91 Å². The van der Waals surface area contributed by atoms with Gasteiger partial charge in [0.2, 0.25) is 0 Å². The maximum Gasteiger partial charge on any atom is 0.255 e. The molecule has 2 aromatic rings. The number of amides is 1. The molecule has 1 fully saturated rings. The van der Waals surface area contributed by atoms with Crippen molar-refractivity contribution in [3.63, 3.8) is 0 Å². The van der Waals surface area contributed by atoms with Gasteiger partial charge in [0, 0.05) is 39.3 Å². The van der Waals surface area contributed by atoms with Gasteiger partial charge in [0.1, 0.15) is 5.75 Å². The van der Waals surface area contributed by atoms with E-state index in [0.29, 0.717) is 17.9 Å². The third-order valence-electron chi connectivity index (χ3n) is 5.50. The summed E-state index contributed by atoms with van der Waals surface area (Å²) in [7, 11) is 1.60. The van der Waals surface area contributed by atoms with E-state index < -0.39 is 0 Å². The fourth-order valence-electron chi connectivity index (χ4n) is 3.77. The smallest absolute Gasteiger partial charge is 0.255 e. The summed E-state index contributed by atoms with van der Waals surface area (Å²) in [5, 5.41) is 3.03. The van der Waals surface area contributed by atoms with Crippen LogP contribution in [-0.2, 0) is 6.54 Å². The van der Waals surface area contributed by atoms with Crippen molar-refractivity contribution in [3.8, 4) is 5.75 Å².